The summed E-state index contributed by atoms with van der Waals surface area (Å²) in [5.74, 6) is 1.09. The van der Waals surface area contributed by atoms with Gasteiger partial charge in [0.2, 0.25) is 0 Å². The molecule has 0 saturated heterocycles. The summed E-state index contributed by atoms with van der Waals surface area (Å²) in [4.78, 5) is 6.95. The monoisotopic (exact) mass is 259 g/mol. The Hall–Kier alpha value is -1.35. The van der Waals surface area contributed by atoms with Crippen LogP contribution in [-0.4, -0.2) is 24.6 Å². The number of aromatic nitrogens is 1. The van der Waals surface area contributed by atoms with Gasteiger partial charge in [0.05, 0.1) is 0 Å². The first-order chi connectivity index (χ1) is 9.20. The van der Waals surface area contributed by atoms with E-state index in [1.807, 2.05) is 6.20 Å². The molecule has 104 valence electrons. The van der Waals surface area contributed by atoms with Crippen LogP contribution in [-0.2, 0) is 0 Å². The topological polar surface area (TPSA) is 28.2 Å². The minimum atomic E-state index is 0.380. The van der Waals surface area contributed by atoms with Crippen LogP contribution in [0.2, 0.25) is 0 Å². The van der Waals surface area contributed by atoms with Gasteiger partial charge in [-0.15, -0.1) is 0 Å². The maximum absolute atomic E-state index is 4.61. The summed E-state index contributed by atoms with van der Waals surface area (Å²) in [5, 5.41) is 3.49. The van der Waals surface area contributed by atoms with Crippen molar-refractivity contribution in [3.05, 3.63) is 35.5 Å². The second kappa shape index (κ2) is 6.71. The molecule has 0 amide bonds. The van der Waals surface area contributed by atoms with Gasteiger partial charge in [0.15, 0.2) is 0 Å². The van der Waals surface area contributed by atoms with Crippen molar-refractivity contribution in [2.24, 2.45) is 0 Å². The molecule has 0 bridgehead atoms. The molecule has 2 rings (SSSR count). The van der Waals surface area contributed by atoms with E-state index in [2.05, 4.69) is 54.2 Å². The number of pyridine rings is 1. The molecule has 1 aliphatic rings. The summed E-state index contributed by atoms with van der Waals surface area (Å²) >= 11 is 0. The lowest BCUT2D eigenvalue weighted by Crippen LogP contribution is -2.29. The van der Waals surface area contributed by atoms with Crippen LogP contribution in [0.3, 0.4) is 0 Å². The lowest BCUT2D eigenvalue weighted by atomic mass is 10.1. The predicted octanol–water partition coefficient (Wildman–Crippen LogP) is 3.30. The fraction of sp³-hybridized carbons (Fsp3) is 0.562. The molecule has 0 saturated carbocycles. The summed E-state index contributed by atoms with van der Waals surface area (Å²) in [6, 6.07) is 4.72. The molecule has 0 aromatic carbocycles. The second-order valence-electron chi connectivity index (χ2n) is 5.37. The molecule has 1 aromatic rings. The molecule has 0 fully saturated rings. The van der Waals surface area contributed by atoms with Crippen LogP contribution in [0.4, 0.5) is 5.82 Å². The maximum Gasteiger partial charge on any atom is 0.128 e. The van der Waals surface area contributed by atoms with Crippen LogP contribution in [0, 0.1) is 0 Å². The van der Waals surface area contributed by atoms with Crippen molar-refractivity contribution in [1.82, 2.24) is 10.3 Å². The highest BCUT2D eigenvalue weighted by atomic mass is 15.2. The van der Waals surface area contributed by atoms with Crippen LogP contribution >= 0.6 is 0 Å². The third kappa shape index (κ3) is 3.80. The number of hydrogen-bond acceptors (Lipinski definition) is 3. The lowest BCUT2D eigenvalue weighted by molar-refractivity contribution is 0.569. The number of nitrogens with one attached hydrogen (secondary N) is 1. The van der Waals surface area contributed by atoms with Crippen LogP contribution < -0.4 is 10.2 Å². The van der Waals surface area contributed by atoms with E-state index in [0.717, 1.165) is 38.3 Å². The molecule has 3 nitrogen and oxygen atoms in total. The van der Waals surface area contributed by atoms with Crippen LogP contribution in [0.15, 0.2) is 30.0 Å². The SMILES string of the molecule is CCCNC(C)c1ccc(N2CC=C(C)CC2)nc1. The minimum Gasteiger partial charge on any atom is -0.353 e. The zero-order valence-corrected chi connectivity index (χ0v) is 12.3. The summed E-state index contributed by atoms with van der Waals surface area (Å²) in [5.41, 5.74) is 2.76. The van der Waals surface area contributed by atoms with Crippen LogP contribution in [0.25, 0.3) is 0 Å². The molecule has 2 heterocycles. The fourth-order valence-electron chi connectivity index (χ4n) is 2.30. The summed E-state index contributed by atoms with van der Waals surface area (Å²) in [7, 11) is 0. The van der Waals surface area contributed by atoms with Crippen LogP contribution in [0.5, 0.6) is 0 Å². The van der Waals surface area contributed by atoms with Gasteiger partial charge in [-0.05, 0) is 44.9 Å². The highest BCUT2D eigenvalue weighted by Gasteiger charge is 2.12. The Morgan fingerprint density at radius 1 is 1.42 bits per heavy atom. The van der Waals surface area contributed by atoms with E-state index in [1.165, 1.54) is 11.1 Å². The summed E-state index contributed by atoms with van der Waals surface area (Å²) in [6.07, 6.45) is 6.62. The molecule has 1 atom stereocenters. The molecular weight excluding hydrogens is 234 g/mol. The van der Waals surface area contributed by atoms with E-state index in [1.54, 1.807) is 0 Å². The van der Waals surface area contributed by atoms with Gasteiger partial charge in [-0.2, -0.15) is 0 Å². The Balaban J connectivity index is 1.98. The Bertz CT molecular complexity index is 422. The van der Waals surface area contributed by atoms with Gasteiger partial charge in [-0.25, -0.2) is 4.98 Å². The molecule has 0 radical (unpaired) electrons. The lowest BCUT2D eigenvalue weighted by Gasteiger charge is -2.26. The van der Waals surface area contributed by atoms with Crippen molar-refractivity contribution in [3.63, 3.8) is 0 Å². The predicted molar refractivity (Wildman–Crippen MR) is 81.5 cm³/mol. The van der Waals surface area contributed by atoms with Gasteiger partial charge >= 0.3 is 0 Å². The van der Waals surface area contributed by atoms with Gasteiger partial charge in [0, 0.05) is 25.3 Å². The fourth-order valence-corrected chi connectivity index (χ4v) is 2.30. The van der Waals surface area contributed by atoms with Crippen LogP contribution in [0.1, 0.15) is 45.2 Å². The average molecular weight is 259 g/mol. The molecule has 3 heteroatoms. The number of anilines is 1. The molecule has 1 aromatic heterocycles. The number of nitrogens with zero attached hydrogens (tertiary/aromatic N) is 2. The van der Waals surface area contributed by atoms with E-state index < -0.39 is 0 Å². The molecule has 1 unspecified atom stereocenters. The largest absolute Gasteiger partial charge is 0.353 e. The minimum absolute atomic E-state index is 0.380. The highest BCUT2D eigenvalue weighted by Crippen LogP contribution is 2.19. The van der Waals surface area contributed by atoms with Gasteiger partial charge in [0.25, 0.3) is 0 Å². The quantitative estimate of drug-likeness (QED) is 0.822. The Labute approximate surface area is 116 Å². The van der Waals surface area contributed by atoms with Crippen molar-refractivity contribution in [2.45, 2.75) is 39.7 Å². The third-order valence-electron chi connectivity index (χ3n) is 3.73. The van der Waals surface area contributed by atoms with Crippen molar-refractivity contribution in [2.75, 3.05) is 24.5 Å². The zero-order chi connectivity index (χ0) is 13.7. The van der Waals surface area contributed by atoms with Crippen molar-refractivity contribution >= 4 is 5.82 Å². The Morgan fingerprint density at radius 2 is 2.26 bits per heavy atom. The van der Waals surface area contributed by atoms with E-state index in [4.69, 9.17) is 0 Å². The van der Waals surface area contributed by atoms with Gasteiger partial charge in [-0.1, -0.05) is 24.6 Å². The maximum atomic E-state index is 4.61. The second-order valence-corrected chi connectivity index (χ2v) is 5.37. The molecule has 0 aliphatic carbocycles. The standard InChI is InChI=1S/C16H25N3/c1-4-9-17-14(3)15-5-6-16(18-12-15)19-10-7-13(2)8-11-19/h5-7,12,14,17H,4,8-11H2,1-3H3. The number of rotatable bonds is 5. The molecule has 1 aliphatic heterocycles. The number of hydrogen-bond donors (Lipinski definition) is 1. The summed E-state index contributed by atoms with van der Waals surface area (Å²) < 4.78 is 0. The van der Waals surface area contributed by atoms with Gasteiger partial charge in [0.1, 0.15) is 5.82 Å². The third-order valence-corrected chi connectivity index (χ3v) is 3.73. The van der Waals surface area contributed by atoms with E-state index in [-0.39, 0.29) is 0 Å². The Morgan fingerprint density at radius 3 is 2.84 bits per heavy atom. The average Bonchev–Trinajstić information content (AvgIpc) is 2.46. The van der Waals surface area contributed by atoms with Gasteiger partial charge in [-0.3, -0.25) is 0 Å². The van der Waals surface area contributed by atoms with Crippen molar-refractivity contribution in [1.29, 1.82) is 0 Å². The highest BCUT2D eigenvalue weighted by molar-refractivity contribution is 5.42. The Kier molecular flexibility index (Phi) is 4.97. The zero-order valence-electron chi connectivity index (χ0n) is 12.3. The van der Waals surface area contributed by atoms with E-state index >= 15 is 0 Å². The first-order valence-corrected chi connectivity index (χ1v) is 7.30. The first kappa shape index (κ1) is 14.1. The van der Waals surface area contributed by atoms with Crippen molar-refractivity contribution in [3.8, 4) is 0 Å². The molecule has 0 spiro atoms. The molecule has 19 heavy (non-hydrogen) atoms. The van der Waals surface area contributed by atoms with Crippen molar-refractivity contribution < 1.29 is 0 Å². The summed E-state index contributed by atoms with van der Waals surface area (Å²) in [6.45, 7) is 9.71. The molecular formula is C16H25N3. The normalized spacial score (nSPS) is 17.2. The molecule has 1 N–H and O–H groups in total. The van der Waals surface area contributed by atoms with Gasteiger partial charge < -0.3 is 10.2 Å². The first-order valence-electron chi connectivity index (χ1n) is 7.30. The van der Waals surface area contributed by atoms with E-state index in [0.29, 0.717) is 6.04 Å². The smallest absolute Gasteiger partial charge is 0.128 e. The van der Waals surface area contributed by atoms with E-state index in [9.17, 15) is 0 Å².